The second-order valence-electron chi connectivity index (χ2n) is 5.78. The van der Waals surface area contributed by atoms with E-state index in [1.807, 2.05) is 0 Å². The molecule has 2 aromatic rings. The summed E-state index contributed by atoms with van der Waals surface area (Å²) in [6.45, 7) is 9.94. The predicted octanol–water partition coefficient (Wildman–Crippen LogP) is 2.01. The van der Waals surface area contributed by atoms with Gasteiger partial charge in [-0.1, -0.05) is 27.7 Å². The van der Waals surface area contributed by atoms with Crippen molar-refractivity contribution in [2.24, 2.45) is 5.41 Å². The van der Waals surface area contributed by atoms with Crippen molar-refractivity contribution in [3.63, 3.8) is 0 Å². The fourth-order valence-electron chi connectivity index (χ4n) is 2.13. The lowest BCUT2D eigenvalue weighted by atomic mass is 9.86. The zero-order valence-corrected chi connectivity index (χ0v) is 11.9. The third-order valence-corrected chi connectivity index (χ3v) is 3.29. The summed E-state index contributed by atoms with van der Waals surface area (Å²) in [6, 6.07) is 3.71. The highest BCUT2D eigenvalue weighted by atomic mass is 16.4. The molecule has 0 aliphatic heterocycles. The molecule has 0 aliphatic rings. The third-order valence-electron chi connectivity index (χ3n) is 3.29. The minimum Gasteiger partial charge on any atom is -0.406 e. The zero-order chi connectivity index (χ0) is 14.0. The SMILES string of the molecule is CCNC(Cn1c(=O)oc2cccnc21)C(C)(C)C. The van der Waals surface area contributed by atoms with Gasteiger partial charge in [0.15, 0.2) is 11.2 Å². The summed E-state index contributed by atoms with van der Waals surface area (Å²) in [5.74, 6) is -0.346. The number of nitrogens with one attached hydrogen (secondary N) is 1. The third kappa shape index (κ3) is 2.87. The Kier molecular flexibility index (Phi) is 3.75. The molecule has 0 saturated heterocycles. The van der Waals surface area contributed by atoms with Gasteiger partial charge in [-0.2, -0.15) is 0 Å². The van der Waals surface area contributed by atoms with E-state index < -0.39 is 0 Å². The first-order valence-electron chi connectivity index (χ1n) is 6.61. The molecule has 0 amide bonds. The summed E-state index contributed by atoms with van der Waals surface area (Å²) in [7, 11) is 0. The number of aromatic nitrogens is 2. The minimum absolute atomic E-state index is 0.0494. The van der Waals surface area contributed by atoms with Gasteiger partial charge < -0.3 is 9.73 Å². The molecule has 5 nitrogen and oxygen atoms in total. The van der Waals surface area contributed by atoms with E-state index >= 15 is 0 Å². The van der Waals surface area contributed by atoms with E-state index in [1.54, 1.807) is 22.9 Å². The lowest BCUT2D eigenvalue weighted by Crippen LogP contribution is -2.44. The average Bonchev–Trinajstić information content (AvgIpc) is 2.64. The smallest absolute Gasteiger partial charge is 0.406 e. The lowest BCUT2D eigenvalue weighted by Gasteiger charge is -2.31. The molecule has 104 valence electrons. The molecular formula is C14H21N3O2. The number of rotatable bonds is 4. The van der Waals surface area contributed by atoms with Gasteiger partial charge in [-0.25, -0.2) is 9.78 Å². The van der Waals surface area contributed by atoms with Gasteiger partial charge >= 0.3 is 5.76 Å². The van der Waals surface area contributed by atoms with Crippen LogP contribution in [0.1, 0.15) is 27.7 Å². The van der Waals surface area contributed by atoms with Crippen molar-refractivity contribution in [3.05, 3.63) is 28.9 Å². The molecule has 0 fully saturated rings. The second kappa shape index (κ2) is 5.17. The average molecular weight is 263 g/mol. The molecule has 1 unspecified atom stereocenters. The van der Waals surface area contributed by atoms with Crippen LogP contribution in [0.25, 0.3) is 11.2 Å². The summed E-state index contributed by atoms with van der Waals surface area (Å²) in [4.78, 5) is 16.2. The van der Waals surface area contributed by atoms with Gasteiger partial charge in [0.1, 0.15) is 0 Å². The number of hydrogen-bond acceptors (Lipinski definition) is 4. The van der Waals surface area contributed by atoms with Crippen molar-refractivity contribution in [1.82, 2.24) is 14.9 Å². The summed E-state index contributed by atoms with van der Waals surface area (Å²) in [6.07, 6.45) is 1.67. The number of pyridine rings is 1. The molecule has 2 heterocycles. The Morgan fingerprint density at radius 3 is 2.84 bits per heavy atom. The molecule has 2 rings (SSSR count). The monoisotopic (exact) mass is 263 g/mol. The van der Waals surface area contributed by atoms with Gasteiger partial charge in [-0.05, 0) is 24.1 Å². The van der Waals surface area contributed by atoms with Crippen LogP contribution in [0.15, 0.2) is 27.5 Å². The van der Waals surface area contributed by atoms with Crippen LogP contribution in [0, 0.1) is 5.41 Å². The van der Waals surface area contributed by atoms with Crippen molar-refractivity contribution in [1.29, 1.82) is 0 Å². The molecule has 5 heteroatoms. The Bertz CT molecular complexity index is 607. The Labute approximate surface area is 112 Å². The van der Waals surface area contributed by atoms with E-state index in [1.165, 1.54) is 0 Å². The van der Waals surface area contributed by atoms with Gasteiger partial charge in [-0.15, -0.1) is 0 Å². The van der Waals surface area contributed by atoms with Crippen molar-refractivity contribution in [2.45, 2.75) is 40.3 Å². The van der Waals surface area contributed by atoms with Gasteiger partial charge in [0, 0.05) is 18.8 Å². The summed E-state index contributed by atoms with van der Waals surface area (Å²) >= 11 is 0. The Balaban J connectivity index is 2.39. The first-order valence-corrected chi connectivity index (χ1v) is 6.61. The molecule has 2 aromatic heterocycles. The molecule has 0 aromatic carbocycles. The molecule has 0 bridgehead atoms. The van der Waals surface area contributed by atoms with Crippen molar-refractivity contribution in [2.75, 3.05) is 6.54 Å². The molecule has 1 N–H and O–H groups in total. The van der Waals surface area contributed by atoms with Gasteiger partial charge in [0.25, 0.3) is 0 Å². The lowest BCUT2D eigenvalue weighted by molar-refractivity contribution is 0.242. The van der Waals surface area contributed by atoms with E-state index in [-0.39, 0.29) is 17.2 Å². The van der Waals surface area contributed by atoms with Crippen LogP contribution in [0.5, 0.6) is 0 Å². The van der Waals surface area contributed by atoms with Gasteiger partial charge in [-0.3, -0.25) is 4.57 Å². The van der Waals surface area contributed by atoms with E-state index in [0.717, 1.165) is 6.54 Å². The maximum atomic E-state index is 11.9. The predicted molar refractivity (Wildman–Crippen MR) is 75.2 cm³/mol. The molecule has 0 saturated carbocycles. The van der Waals surface area contributed by atoms with Crippen molar-refractivity contribution < 1.29 is 4.42 Å². The van der Waals surface area contributed by atoms with Crippen LogP contribution in [-0.4, -0.2) is 22.1 Å². The van der Waals surface area contributed by atoms with Crippen LogP contribution >= 0.6 is 0 Å². The van der Waals surface area contributed by atoms with E-state index in [4.69, 9.17) is 4.42 Å². The van der Waals surface area contributed by atoms with E-state index in [9.17, 15) is 4.79 Å². The number of fused-ring (bicyclic) bond motifs is 1. The number of oxazole rings is 1. The molecule has 19 heavy (non-hydrogen) atoms. The van der Waals surface area contributed by atoms with E-state index in [0.29, 0.717) is 17.8 Å². The maximum absolute atomic E-state index is 11.9. The minimum atomic E-state index is -0.346. The molecular weight excluding hydrogens is 242 g/mol. The Morgan fingerprint density at radius 2 is 2.21 bits per heavy atom. The highest BCUT2D eigenvalue weighted by Crippen LogP contribution is 2.21. The fourth-order valence-corrected chi connectivity index (χ4v) is 2.13. The maximum Gasteiger partial charge on any atom is 0.421 e. The molecule has 0 aliphatic carbocycles. The summed E-state index contributed by atoms with van der Waals surface area (Å²) in [5, 5.41) is 3.42. The first-order chi connectivity index (χ1) is 8.93. The molecule has 0 radical (unpaired) electrons. The fraction of sp³-hybridized carbons (Fsp3) is 0.571. The number of hydrogen-bond donors (Lipinski definition) is 1. The highest BCUT2D eigenvalue weighted by Gasteiger charge is 2.26. The molecule has 1 atom stereocenters. The standard InChI is InChI=1S/C14H21N3O2/c1-5-15-11(14(2,3)4)9-17-12-10(19-13(17)18)7-6-8-16-12/h6-8,11,15H,5,9H2,1-4H3. The van der Waals surface area contributed by atoms with Crippen LogP contribution in [0.4, 0.5) is 0 Å². The van der Waals surface area contributed by atoms with Crippen LogP contribution in [-0.2, 0) is 6.54 Å². The Hall–Kier alpha value is -1.62. The van der Waals surface area contributed by atoms with Crippen LogP contribution in [0.3, 0.4) is 0 Å². The topological polar surface area (TPSA) is 60.1 Å². The number of likely N-dealkylation sites (N-methyl/N-ethyl adjacent to an activating group) is 1. The summed E-state index contributed by atoms with van der Waals surface area (Å²) in [5.41, 5.74) is 1.20. The van der Waals surface area contributed by atoms with Gasteiger partial charge in [0.05, 0.1) is 0 Å². The first kappa shape index (κ1) is 13.8. The van der Waals surface area contributed by atoms with Crippen LogP contribution < -0.4 is 11.1 Å². The summed E-state index contributed by atoms with van der Waals surface area (Å²) < 4.78 is 6.81. The van der Waals surface area contributed by atoms with Crippen molar-refractivity contribution in [3.8, 4) is 0 Å². The molecule has 0 spiro atoms. The van der Waals surface area contributed by atoms with Gasteiger partial charge in [0.2, 0.25) is 0 Å². The number of nitrogens with zero attached hydrogens (tertiary/aromatic N) is 2. The second-order valence-corrected chi connectivity index (χ2v) is 5.78. The normalized spacial score (nSPS) is 13.9. The quantitative estimate of drug-likeness (QED) is 0.916. The van der Waals surface area contributed by atoms with Crippen LogP contribution in [0.2, 0.25) is 0 Å². The highest BCUT2D eigenvalue weighted by molar-refractivity contribution is 5.67. The zero-order valence-electron chi connectivity index (χ0n) is 11.9. The van der Waals surface area contributed by atoms with Crippen molar-refractivity contribution >= 4 is 11.2 Å². The Morgan fingerprint density at radius 1 is 1.47 bits per heavy atom. The van der Waals surface area contributed by atoms with E-state index in [2.05, 4.69) is 38.0 Å². The largest absolute Gasteiger partial charge is 0.421 e.